The van der Waals surface area contributed by atoms with Crippen LogP contribution >= 0.6 is 0 Å². The Hall–Kier alpha value is -0.370. The minimum atomic E-state index is -0.226. The highest BCUT2D eigenvalue weighted by molar-refractivity contribution is 5.80. The average molecular weight is 211 g/mol. The summed E-state index contributed by atoms with van der Waals surface area (Å²) in [5, 5.41) is 0. The summed E-state index contributed by atoms with van der Waals surface area (Å²) in [6.07, 6.45) is 8.99. The topological polar surface area (TPSA) is 43.1 Å². The Kier molecular flexibility index (Phi) is 5.30. The zero-order valence-electron chi connectivity index (χ0n) is 10.2. The first-order chi connectivity index (χ1) is 7.09. The first kappa shape index (κ1) is 12.7. The number of carbonyl (C=O) groups is 1. The maximum Gasteiger partial charge on any atom is 0.146 e. The van der Waals surface area contributed by atoms with Crippen molar-refractivity contribution in [2.45, 2.75) is 64.8 Å². The van der Waals surface area contributed by atoms with Gasteiger partial charge in [-0.1, -0.05) is 39.0 Å². The van der Waals surface area contributed by atoms with Crippen LogP contribution in [0.2, 0.25) is 0 Å². The van der Waals surface area contributed by atoms with Gasteiger partial charge in [-0.25, -0.2) is 0 Å². The Morgan fingerprint density at radius 2 is 2.00 bits per heavy atom. The summed E-state index contributed by atoms with van der Waals surface area (Å²) < 4.78 is 0. The van der Waals surface area contributed by atoms with Crippen LogP contribution in [-0.4, -0.2) is 11.8 Å². The summed E-state index contributed by atoms with van der Waals surface area (Å²) in [7, 11) is 0. The van der Waals surface area contributed by atoms with E-state index in [0.717, 1.165) is 24.7 Å². The predicted molar refractivity (Wildman–Crippen MR) is 63.6 cm³/mol. The molecule has 1 aliphatic rings. The predicted octanol–water partition coefficient (Wildman–Crippen LogP) is 2.90. The van der Waals surface area contributed by atoms with Crippen LogP contribution in [0.3, 0.4) is 0 Å². The highest BCUT2D eigenvalue weighted by atomic mass is 16.1. The molecular formula is C13H25NO. The molecule has 0 amide bonds. The Labute approximate surface area is 93.6 Å². The third-order valence-corrected chi connectivity index (χ3v) is 3.79. The van der Waals surface area contributed by atoms with Gasteiger partial charge >= 0.3 is 0 Å². The van der Waals surface area contributed by atoms with Crippen molar-refractivity contribution in [2.75, 3.05) is 0 Å². The molecule has 0 aromatic carbocycles. The van der Waals surface area contributed by atoms with E-state index in [1.54, 1.807) is 6.92 Å². The Morgan fingerprint density at radius 3 is 2.47 bits per heavy atom. The van der Waals surface area contributed by atoms with Gasteiger partial charge in [-0.2, -0.15) is 0 Å². The molecule has 0 heterocycles. The summed E-state index contributed by atoms with van der Waals surface area (Å²) in [5.41, 5.74) is 5.71. The van der Waals surface area contributed by atoms with Crippen molar-refractivity contribution in [3.63, 3.8) is 0 Å². The largest absolute Gasteiger partial charge is 0.322 e. The molecule has 2 unspecified atom stereocenters. The van der Waals surface area contributed by atoms with Gasteiger partial charge in [-0.15, -0.1) is 0 Å². The van der Waals surface area contributed by atoms with E-state index in [1.807, 2.05) is 0 Å². The number of hydrogen-bond donors (Lipinski definition) is 1. The van der Waals surface area contributed by atoms with E-state index in [4.69, 9.17) is 5.73 Å². The van der Waals surface area contributed by atoms with Crippen LogP contribution in [0.1, 0.15) is 58.8 Å². The SMILES string of the molecule is CC(=O)C(N)CCC(C)CCC1CCC1. The lowest BCUT2D eigenvalue weighted by atomic mass is 9.80. The Bertz CT molecular complexity index is 199. The van der Waals surface area contributed by atoms with E-state index >= 15 is 0 Å². The fourth-order valence-electron chi connectivity index (χ4n) is 2.11. The third-order valence-electron chi connectivity index (χ3n) is 3.79. The molecule has 1 aliphatic carbocycles. The molecule has 88 valence electrons. The van der Waals surface area contributed by atoms with E-state index in [0.29, 0.717) is 0 Å². The van der Waals surface area contributed by atoms with Crippen molar-refractivity contribution in [3.8, 4) is 0 Å². The molecule has 2 nitrogen and oxygen atoms in total. The summed E-state index contributed by atoms with van der Waals surface area (Å²) in [6, 6.07) is -0.226. The van der Waals surface area contributed by atoms with Crippen molar-refractivity contribution in [1.29, 1.82) is 0 Å². The van der Waals surface area contributed by atoms with Gasteiger partial charge in [-0.3, -0.25) is 4.79 Å². The minimum Gasteiger partial charge on any atom is -0.322 e. The van der Waals surface area contributed by atoms with E-state index in [-0.39, 0.29) is 11.8 Å². The zero-order chi connectivity index (χ0) is 11.3. The zero-order valence-corrected chi connectivity index (χ0v) is 10.2. The molecule has 0 radical (unpaired) electrons. The molecule has 2 atom stereocenters. The van der Waals surface area contributed by atoms with Crippen molar-refractivity contribution in [3.05, 3.63) is 0 Å². The number of ketones is 1. The number of nitrogens with two attached hydrogens (primary N) is 1. The quantitative estimate of drug-likeness (QED) is 0.703. The molecule has 15 heavy (non-hydrogen) atoms. The van der Waals surface area contributed by atoms with Crippen LogP contribution in [0.25, 0.3) is 0 Å². The maximum absolute atomic E-state index is 11.0. The molecule has 2 N–H and O–H groups in total. The Balaban J connectivity index is 2.01. The third kappa shape index (κ3) is 4.78. The molecular weight excluding hydrogens is 186 g/mol. The lowest BCUT2D eigenvalue weighted by Gasteiger charge is -2.26. The van der Waals surface area contributed by atoms with Crippen molar-refractivity contribution in [1.82, 2.24) is 0 Å². The molecule has 1 rings (SSSR count). The first-order valence-electron chi connectivity index (χ1n) is 6.35. The monoisotopic (exact) mass is 211 g/mol. The van der Waals surface area contributed by atoms with Gasteiger partial charge < -0.3 is 5.73 Å². The van der Waals surface area contributed by atoms with Gasteiger partial charge in [0.25, 0.3) is 0 Å². The van der Waals surface area contributed by atoms with Crippen LogP contribution in [-0.2, 0) is 4.79 Å². The minimum absolute atomic E-state index is 0.126. The fraction of sp³-hybridized carbons (Fsp3) is 0.923. The van der Waals surface area contributed by atoms with Crippen molar-refractivity contribution < 1.29 is 4.79 Å². The van der Waals surface area contributed by atoms with Gasteiger partial charge in [0.05, 0.1) is 6.04 Å². The standard InChI is InChI=1S/C13H25NO/c1-10(6-8-12-4-3-5-12)7-9-13(14)11(2)15/h10,12-13H,3-9,14H2,1-2H3. The molecule has 0 spiro atoms. The van der Waals surface area contributed by atoms with Crippen LogP contribution in [0.5, 0.6) is 0 Å². The lowest BCUT2D eigenvalue weighted by molar-refractivity contribution is -0.118. The molecule has 0 saturated heterocycles. The highest BCUT2D eigenvalue weighted by Gasteiger charge is 2.18. The van der Waals surface area contributed by atoms with Gasteiger partial charge in [-0.05, 0) is 31.6 Å². The van der Waals surface area contributed by atoms with Crippen molar-refractivity contribution in [2.24, 2.45) is 17.6 Å². The Morgan fingerprint density at radius 1 is 1.33 bits per heavy atom. The second-order valence-corrected chi connectivity index (χ2v) is 5.27. The summed E-state index contributed by atoms with van der Waals surface area (Å²) >= 11 is 0. The van der Waals surface area contributed by atoms with E-state index in [1.165, 1.54) is 32.1 Å². The summed E-state index contributed by atoms with van der Waals surface area (Å²) in [5.74, 6) is 1.87. The fourth-order valence-corrected chi connectivity index (χ4v) is 2.11. The van der Waals surface area contributed by atoms with Crippen LogP contribution in [0.4, 0.5) is 0 Å². The van der Waals surface area contributed by atoms with Gasteiger partial charge in [0.15, 0.2) is 0 Å². The van der Waals surface area contributed by atoms with Gasteiger partial charge in [0.1, 0.15) is 5.78 Å². The van der Waals surface area contributed by atoms with E-state index < -0.39 is 0 Å². The second kappa shape index (κ2) is 6.26. The van der Waals surface area contributed by atoms with Crippen molar-refractivity contribution >= 4 is 5.78 Å². The maximum atomic E-state index is 11.0. The molecule has 1 saturated carbocycles. The second-order valence-electron chi connectivity index (χ2n) is 5.27. The normalized spacial score (nSPS) is 20.7. The molecule has 0 aromatic rings. The number of carbonyl (C=O) groups excluding carboxylic acids is 1. The van der Waals surface area contributed by atoms with Crippen LogP contribution in [0.15, 0.2) is 0 Å². The molecule has 0 aliphatic heterocycles. The highest BCUT2D eigenvalue weighted by Crippen LogP contribution is 2.32. The molecule has 1 fully saturated rings. The van der Waals surface area contributed by atoms with E-state index in [2.05, 4.69) is 6.92 Å². The number of Topliss-reactive ketones (excluding diaryl/α,β-unsaturated/α-hetero) is 1. The van der Waals surface area contributed by atoms with E-state index in [9.17, 15) is 4.79 Å². The molecule has 2 heteroatoms. The molecule has 0 aromatic heterocycles. The smallest absolute Gasteiger partial charge is 0.146 e. The molecule has 0 bridgehead atoms. The summed E-state index contributed by atoms with van der Waals surface area (Å²) in [6.45, 7) is 3.87. The average Bonchev–Trinajstić information content (AvgIpc) is 2.11. The van der Waals surface area contributed by atoms with Gasteiger partial charge in [0, 0.05) is 0 Å². The lowest BCUT2D eigenvalue weighted by Crippen LogP contribution is -2.28. The van der Waals surface area contributed by atoms with Crippen LogP contribution in [0, 0.1) is 11.8 Å². The number of hydrogen-bond acceptors (Lipinski definition) is 2. The number of rotatable bonds is 7. The van der Waals surface area contributed by atoms with Gasteiger partial charge in [0.2, 0.25) is 0 Å². The summed E-state index contributed by atoms with van der Waals surface area (Å²) in [4.78, 5) is 11.0. The van der Waals surface area contributed by atoms with Crippen LogP contribution < -0.4 is 5.73 Å². The first-order valence-corrected chi connectivity index (χ1v) is 6.35.